The van der Waals surface area contributed by atoms with Gasteiger partial charge in [0.05, 0.1) is 23.8 Å². The van der Waals surface area contributed by atoms with Crippen molar-refractivity contribution >= 4 is 17.8 Å². The SMILES string of the molecule is COc1ccc(C(=O)NC(=O)COC(=O)c2cc(C(F)(F)F)cc(C(F)(F)F)c2)cc1. The number of rotatable bonds is 5. The lowest BCUT2D eigenvalue weighted by molar-refractivity contribution is -0.143. The number of ether oxygens (including phenoxy) is 2. The molecule has 0 atom stereocenters. The highest BCUT2D eigenvalue weighted by Gasteiger charge is 2.37. The van der Waals surface area contributed by atoms with Gasteiger partial charge in [-0.15, -0.1) is 0 Å². The molecule has 0 saturated heterocycles. The predicted octanol–water partition coefficient (Wildman–Crippen LogP) is 3.85. The van der Waals surface area contributed by atoms with E-state index < -0.39 is 53.4 Å². The van der Waals surface area contributed by atoms with E-state index >= 15 is 0 Å². The molecule has 2 amide bonds. The van der Waals surface area contributed by atoms with Gasteiger partial charge in [0, 0.05) is 5.56 Å². The Morgan fingerprint density at radius 1 is 0.839 bits per heavy atom. The molecule has 0 heterocycles. The van der Waals surface area contributed by atoms with Crippen LogP contribution >= 0.6 is 0 Å². The number of nitrogens with one attached hydrogen (secondary N) is 1. The number of hydrogen-bond acceptors (Lipinski definition) is 5. The first kappa shape index (κ1) is 23.7. The van der Waals surface area contributed by atoms with Gasteiger partial charge in [-0.3, -0.25) is 14.9 Å². The van der Waals surface area contributed by atoms with E-state index in [4.69, 9.17) is 4.74 Å². The summed E-state index contributed by atoms with van der Waals surface area (Å²) < 4.78 is 86.4. The van der Waals surface area contributed by atoms with E-state index in [0.717, 1.165) is 0 Å². The molecule has 0 aliphatic heterocycles. The molecule has 166 valence electrons. The van der Waals surface area contributed by atoms with Crippen LogP contribution in [-0.2, 0) is 21.9 Å². The average molecular weight is 449 g/mol. The third-order valence-electron chi connectivity index (χ3n) is 3.76. The first-order valence-corrected chi connectivity index (χ1v) is 8.26. The molecule has 2 aromatic carbocycles. The Hall–Kier alpha value is -3.57. The molecule has 0 unspecified atom stereocenters. The summed E-state index contributed by atoms with van der Waals surface area (Å²) in [5.74, 6) is -3.18. The summed E-state index contributed by atoms with van der Waals surface area (Å²) in [4.78, 5) is 35.6. The monoisotopic (exact) mass is 449 g/mol. The summed E-state index contributed by atoms with van der Waals surface area (Å²) in [5, 5.41) is 1.86. The molecule has 0 bridgehead atoms. The van der Waals surface area contributed by atoms with Crippen LogP contribution in [0.5, 0.6) is 5.75 Å². The van der Waals surface area contributed by atoms with Crippen molar-refractivity contribution in [3.05, 3.63) is 64.7 Å². The number of carbonyl (C=O) groups is 3. The highest BCUT2D eigenvalue weighted by molar-refractivity contribution is 6.05. The molecule has 31 heavy (non-hydrogen) atoms. The molecule has 0 fully saturated rings. The summed E-state index contributed by atoms with van der Waals surface area (Å²) in [6.45, 7) is -1.11. The number of esters is 1. The molecule has 0 aliphatic carbocycles. The first-order valence-electron chi connectivity index (χ1n) is 8.26. The minimum atomic E-state index is -5.15. The van der Waals surface area contributed by atoms with Gasteiger partial charge in [-0.1, -0.05) is 0 Å². The highest BCUT2D eigenvalue weighted by atomic mass is 19.4. The zero-order valence-corrected chi connectivity index (χ0v) is 15.6. The summed E-state index contributed by atoms with van der Waals surface area (Å²) in [6.07, 6.45) is -10.3. The van der Waals surface area contributed by atoms with Crippen molar-refractivity contribution in [2.24, 2.45) is 0 Å². The number of hydrogen-bond donors (Lipinski definition) is 1. The molecule has 1 N–H and O–H groups in total. The number of imide groups is 1. The molecular weight excluding hydrogens is 436 g/mol. The molecule has 0 aromatic heterocycles. The lowest BCUT2D eigenvalue weighted by Crippen LogP contribution is -2.34. The van der Waals surface area contributed by atoms with Crippen LogP contribution in [0.3, 0.4) is 0 Å². The number of halogens is 6. The van der Waals surface area contributed by atoms with E-state index in [-0.39, 0.29) is 23.8 Å². The zero-order valence-electron chi connectivity index (χ0n) is 15.6. The summed E-state index contributed by atoms with van der Waals surface area (Å²) in [5.41, 5.74) is -4.44. The maximum Gasteiger partial charge on any atom is 0.416 e. The third-order valence-corrected chi connectivity index (χ3v) is 3.76. The van der Waals surface area contributed by atoms with E-state index in [1.165, 1.54) is 31.4 Å². The van der Waals surface area contributed by atoms with Gasteiger partial charge in [0.15, 0.2) is 6.61 Å². The van der Waals surface area contributed by atoms with Crippen LogP contribution in [0.1, 0.15) is 31.8 Å². The number of alkyl halides is 6. The van der Waals surface area contributed by atoms with Crippen LogP contribution in [0, 0.1) is 0 Å². The third kappa shape index (κ3) is 6.46. The molecule has 0 aliphatic rings. The Morgan fingerprint density at radius 2 is 1.35 bits per heavy atom. The van der Waals surface area contributed by atoms with Gasteiger partial charge in [0.1, 0.15) is 5.75 Å². The van der Waals surface area contributed by atoms with E-state index in [0.29, 0.717) is 5.75 Å². The molecule has 0 saturated carbocycles. The van der Waals surface area contributed by atoms with Gasteiger partial charge in [0.25, 0.3) is 11.8 Å². The Morgan fingerprint density at radius 3 is 1.81 bits per heavy atom. The van der Waals surface area contributed by atoms with Crippen LogP contribution in [-0.4, -0.2) is 31.5 Å². The molecule has 12 heteroatoms. The average Bonchev–Trinajstić information content (AvgIpc) is 2.70. The van der Waals surface area contributed by atoms with Crippen LogP contribution in [0.2, 0.25) is 0 Å². The van der Waals surface area contributed by atoms with Gasteiger partial charge in [-0.05, 0) is 42.5 Å². The lowest BCUT2D eigenvalue weighted by Gasteiger charge is -2.13. The summed E-state index contributed by atoms with van der Waals surface area (Å²) in [6, 6.07) is 5.70. The van der Waals surface area contributed by atoms with Gasteiger partial charge in [-0.25, -0.2) is 4.79 Å². The topological polar surface area (TPSA) is 81.7 Å². The second-order valence-electron chi connectivity index (χ2n) is 5.98. The fourth-order valence-corrected chi connectivity index (χ4v) is 2.26. The van der Waals surface area contributed by atoms with Crippen molar-refractivity contribution < 1.29 is 50.2 Å². The summed E-state index contributed by atoms with van der Waals surface area (Å²) >= 11 is 0. The predicted molar refractivity (Wildman–Crippen MR) is 92.2 cm³/mol. The van der Waals surface area contributed by atoms with Gasteiger partial charge in [0.2, 0.25) is 0 Å². The molecule has 0 spiro atoms. The number of benzene rings is 2. The fourth-order valence-electron chi connectivity index (χ4n) is 2.26. The van der Waals surface area contributed by atoms with Crippen molar-refractivity contribution in [3.63, 3.8) is 0 Å². The van der Waals surface area contributed by atoms with Crippen molar-refractivity contribution in [2.45, 2.75) is 12.4 Å². The maximum absolute atomic E-state index is 12.8. The molecular formula is C19H13F6NO5. The normalized spacial score (nSPS) is 11.6. The van der Waals surface area contributed by atoms with Crippen molar-refractivity contribution in [1.29, 1.82) is 0 Å². The zero-order chi connectivity index (χ0) is 23.4. The quantitative estimate of drug-likeness (QED) is 0.554. The van der Waals surface area contributed by atoms with Crippen LogP contribution < -0.4 is 10.1 Å². The second-order valence-corrected chi connectivity index (χ2v) is 5.98. The fraction of sp³-hybridized carbons (Fsp3) is 0.211. The lowest BCUT2D eigenvalue weighted by atomic mass is 10.0. The Labute approximate surface area is 170 Å². The van der Waals surface area contributed by atoms with Crippen molar-refractivity contribution in [3.8, 4) is 5.75 Å². The van der Waals surface area contributed by atoms with E-state index in [9.17, 15) is 40.7 Å². The largest absolute Gasteiger partial charge is 0.497 e. The van der Waals surface area contributed by atoms with Crippen LogP contribution in [0.4, 0.5) is 26.3 Å². The Kier molecular flexibility index (Phi) is 6.93. The van der Waals surface area contributed by atoms with E-state index in [1.807, 2.05) is 5.32 Å². The smallest absolute Gasteiger partial charge is 0.416 e. The molecule has 6 nitrogen and oxygen atoms in total. The highest BCUT2D eigenvalue weighted by Crippen LogP contribution is 2.36. The maximum atomic E-state index is 12.8. The van der Waals surface area contributed by atoms with Crippen molar-refractivity contribution in [2.75, 3.05) is 13.7 Å². The summed E-state index contributed by atoms with van der Waals surface area (Å²) in [7, 11) is 1.40. The minimum Gasteiger partial charge on any atom is -0.497 e. The second kappa shape index (κ2) is 9.06. The van der Waals surface area contributed by atoms with Gasteiger partial charge >= 0.3 is 18.3 Å². The molecule has 2 aromatic rings. The van der Waals surface area contributed by atoms with Crippen molar-refractivity contribution in [1.82, 2.24) is 5.32 Å². The minimum absolute atomic E-state index is 0.0492. The first-order chi connectivity index (χ1) is 14.3. The van der Waals surface area contributed by atoms with E-state index in [2.05, 4.69) is 4.74 Å². The standard InChI is InChI=1S/C19H13F6NO5/c1-30-14-4-2-10(3-5-14)16(28)26-15(27)9-31-17(29)11-6-12(18(20,21)22)8-13(7-11)19(23,24)25/h2-8H,9H2,1H3,(H,26,27,28). The molecule has 0 radical (unpaired) electrons. The van der Waals surface area contributed by atoms with E-state index in [1.54, 1.807) is 0 Å². The van der Waals surface area contributed by atoms with Gasteiger partial charge < -0.3 is 9.47 Å². The van der Waals surface area contributed by atoms with Crippen LogP contribution in [0.15, 0.2) is 42.5 Å². The van der Waals surface area contributed by atoms with Crippen LogP contribution in [0.25, 0.3) is 0 Å². The Bertz CT molecular complexity index is 951. The Balaban J connectivity index is 2.07. The number of amides is 2. The molecule has 2 rings (SSSR count). The van der Waals surface area contributed by atoms with Gasteiger partial charge in [-0.2, -0.15) is 26.3 Å². The number of carbonyl (C=O) groups excluding carboxylic acids is 3. The number of methoxy groups -OCH3 is 1.